The average molecular weight is 316 g/mol. The van der Waals surface area contributed by atoms with Crippen molar-refractivity contribution in [2.75, 3.05) is 39.3 Å². The van der Waals surface area contributed by atoms with Crippen molar-refractivity contribution < 1.29 is 0 Å². The highest BCUT2D eigenvalue weighted by molar-refractivity contribution is 5.29. The lowest BCUT2D eigenvalue weighted by molar-refractivity contribution is 0.101. The fourth-order valence-electron chi connectivity index (χ4n) is 4.03. The molecule has 1 aromatic rings. The minimum Gasteiger partial charge on any atom is -0.301 e. The number of piperazine rings is 1. The van der Waals surface area contributed by atoms with Crippen molar-refractivity contribution in [1.82, 2.24) is 14.7 Å². The summed E-state index contributed by atoms with van der Waals surface area (Å²) >= 11 is 0. The maximum Gasteiger partial charge on any atom is 0.0239 e. The Hall–Kier alpha value is -0.900. The molecule has 0 saturated carbocycles. The van der Waals surface area contributed by atoms with Gasteiger partial charge in [0.05, 0.1) is 0 Å². The van der Waals surface area contributed by atoms with Crippen LogP contribution in [-0.4, -0.2) is 66.1 Å². The van der Waals surface area contributed by atoms with Gasteiger partial charge >= 0.3 is 0 Å². The van der Waals surface area contributed by atoms with Gasteiger partial charge in [-0.2, -0.15) is 0 Å². The van der Waals surface area contributed by atoms with Crippen LogP contribution in [0.5, 0.6) is 0 Å². The molecule has 0 N–H and O–H groups in total. The molecule has 2 aliphatic rings. The maximum absolute atomic E-state index is 2.67. The van der Waals surface area contributed by atoms with Gasteiger partial charge in [-0.05, 0) is 57.8 Å². The Morgan fingerprint density at radius 2 is 1.70 bits per heavy atom. The normalized spacial score (nSPS) is 24.1. The highest BCUT2D eigenvalue weighted by Crippen LogP contribution is 2.23. The first-order valence-corrected chi connectivity index (χ1v) is 9.40. The van der Waals surface area contributed by atoms with Crippen LogP contribution in [0.2, 0.25) is 0 Å². The van der Waals surface area contributed by atoms with E-state index < -0.39 is 0 Å². The summed E-state index contributed by atoms with van der Waals surface area (Å²) in [6, 6.07) is 10.4. The Labute approximate surface area is 142 Å². The van der Waals surface area contributed by atoms with E-state index in [0.29, 0.717) is 12.1 Å². The summed E-state index contributed by atoms with van der Waals surface area (Å²) in [5.41, 5.74) is 3.09. The summed E-state index contributed by atoms with van der Waals surface area (Å²) in [5, 5.41) is 0. The third-order valence-corrected chi connectivity index (χ3v) is 5.69. The molecule has 128 valence electrons. The van der Waals surface area contributed by atoms with Gasteiger partial charge in [-0.1, -0.05) is 24.3 Å². The topological polar surface area (TPSA) is 9.72 Å². The third-order valence-electron chi connectivity index (χ3n) is 5.69. The SMILES string of the molecule is CC(C)N1CCN(CCCN2Cc3ccccc3C[C@H]2C)CC1. The zero-order valence-electron chi connectivity index (χ0n) is 15.2. The largest absolute Gasteiger partial charge is 0.301 e. The van der Waals surface area contributed by atoms with Crippen molar-refractivity contribution in [3.63, 3.8) is 0 Å². The summed E-state index contributed by atoms with van der Waals surface area (Å²) in [7, 11) is 0. The molecule has 0 aliphatic carbocycles. The van der Waals surface area contributed by atoms with Gasteiger partial charge < -0.3 is 4.90 Å². The van der Waals surface area contributed by atoms with E-state index >= 15 is 0 Å². The van der Waals surface area contributed by atoms with E-state index in [4.69, 9.17) is 0 Å². The first kappa shape index (κ1) is 16.9. The Kier molecular flexibility index (Phi) is 5.73. The first-order valence-electron chi connectivity index (χ1n) is 9.40. The van der Waals surface area contributed by atoms with Gasteiger partial charge in [-0.25, -0.2) is 0 Å². The zero-order chi connectivity index (χ0) is 16.2. The summed E-state index contributed by atoms with van der Waals surface area (Å²) < 4.78 is 0. The average Bonchev–Trinajstić information content (AvgIpc) is 2.56. The number of fused-ring (bicyclic) bond motifs is 1. The number of benzene rings is 1. The van der Waals surface area contributed by atoms with Crippen LogP contribution in [0.1, 0.15) is 38.3 Å². The van der Waals surface area contributed by atoms with Gasteiger partial charge in [0.15, 0.2) is 0 Å². The van der Waals surface area contributed by atoms with Gasteiger partial charge in [-0.15, -0.1) is 0 Å². The van der Waals surface area contributed by atoms with Crippen molar-refractivity contribution in [3.05, 3.63) is 35.4 Å². The van der Waals surface area contributed by atoms with E-state index in [1.165, 1.54) is 57.7 Å². The second kappa shape index (κ2) is 7.78. The van der Waals surface area contributed by atoms with Crippen LogP contribution in [0.4, 0.5) is 0 Å². The van der Waals surface area contributed by atoms with E-state index in [1.54, 1.807) is 5.56 Å². The molecule has 1 atom stereocenters. The van der Waals surface area contributed by atoms with Crippen molar-refractivity contribution >= 4 is 0 Å². The van der Waals surface area contributed by atoms with Crippen LogP contribution in [0.3, 0.4) is 0 Å². The monoisotopic (exact) mass is 315 g/mol. The standard InChI is InChI=1S/C20H33N3/c1-17(2)22-13-11-21(12-14-22)9-6-10-23-16-20-8-5-4-7-19(20)15-18(23)3/h4-5,7-8,17-18H,6,9-16H2,1-3H3/t18-/m1/s1. The minimum atomic E-state index is 0.683. The Morgan fingerprint density at radius 3 is 2.39 bits per heavy atom. The predicted molar refractivity (Wildman–Crippen MR) is 97.8 cm³/mol. The fraction of sp³-hybridized carbons (Fsp3) is 0.700. The van der Waals surface area contributed by atoms with Crippen molar-refractivity contribution in [3.8, 4) is 0 Å². The molecule has 1 aromatic carbocycles. The number of nitrogens with zero attached hydrogens (tertiary/aromatic N) is 3. The molecule has 0 aromatic heterocycles. The van der Waals surface area contributed by atoms with E-state index in [1.807, 2.05) is 0 Å². The molecule has 0 amide bonds. The quantitative estimate of drug-likeness (QED) is 0.827. The Morgan fingerprint density at radius 1 is 1.00 bits per heavy atom. The van der Waals surface area contributed by atoms with Crippen LogP contribution < -0.4 is 0 Å². The van der Waals surface area contributed by atoms with Crippen molar-refractivity contribution in [2.24, 2.45) is 0 Å². The van der Waals surface area contributed by atoms with Gasteiger partial charge in [0.25, 0.3) is 0 Å². The van der Waals surface area contributed by atoms with Crippen molar-refractivity contribution in [1.29, 1.82) is 0 Å². The zero-order valence-corrected chi connectivity index (χ0v) is 15.2. The lowest BCUT2D eigenvalue weighted by Crippen LogP contribution is -2.49. The summed E-state index contributed by atoms with van der Waals surface area (Å²) in [6.07, 6.45) is 2.51. The molecule has 1 saturated heterocycles. The second-order valence-electron chi connectivity index (χ2n) is 7.62. The van der Waals surface area contributed by atoms with Gasteiger partial charge in [0.2, 0.25) is 0 Å². The van der Waals surface area contributed by atoms with Crippen molar-refractivity contribution in [2.45, 2.75) is 52.2 Å². The minimum absolute atomic E-state index is 0.683. The van der Waals surface area contributed by atoms with Crippen LogP contribution in [0.25, 0.3) is 0 Å². The van der Waals surface area contributed by atoms with Crippen LogP contribution in [-0.2, 0) is 13.0 Å². The lowest BCUT2D eigenvalue weighted by Gasteiger charge is -2.38. The number of rotatable bonds is 5. The van der Waals surface area contributed by atoms with E-state index in [-0.39, 0.29) is 0 Å². The third kappa shape index (κ3) is 4.34. The maximum atomic E-state index is 2.67. The van der Waals surface area contributed by atoms with E-state index in [2.05, 4.69) is 59.7 Å². The Balaban J connectivity index is 1.41. The fourth-order valence-corrected chi connectivity index (χ4v) is 4.03. The molecule has 0 bridgehead atoms. The molecule has 0 radical (unpaired) electrons. The van der Waals surface area contributed by atoms with Gasteiger partial charge in [-0.3, -0.25) is 9.80 Å². The molecular weight excluding hydrogens is 282 g/mol. The highest BCUT2D eigenvalue weighted by atomic mass is 15.3. The van der Waals surface area contributed by atoms with Crippen LogP contribution in [0, 0.1) is 0 Å². The highest BCUT2D eigenvalue weighted by Gasteiger charge is 2.23. The molecule has 23 heavy (non-hydrogen) atoms. The van der Waals surface area contributed by atoms with Gasteiger partial charge in [0.1, 0.15) is 0 Å². The van der Waals surface area contributed by atoms with Crippen LogP contribution >= 0.6 is 0 Å². The summed E-state index contributed by atoms with van der Waals surface area (Å²) in [6.45, 7) is 15.6. The predicted octanol–water partition coefficient (Wildman–Crippen LogP) is 2.85. The Bertz CT molecular complexity index is 491. The number of hydrogen-bond donors (Lipinski definition) is 0. The first-order chi connectivity index (χ1) is 11.1. The molecule has 2 heterocycles. The summed E-state index contributed by atoms with van der Waals surface area (Å²) in [5.74, 6) is 0. The van der Waals surface area contributed by atoms with E-state index in [0.717, 1.165) is 6.54 Å². The molecular formula is C20H33N3. The molecule has 3 heteroatoms. The van der Waals surface area contributed by atoms with Crippen LogP contribution in [0.15, 0.2) is 24.3 Å². The summed E-state index contributed by atoms with van der Waals surface area (Å²) in [4.78, 5) is 7.92. The molecule has 3 nitrogen and oxygen atoms in total. The van der Waals surface area contributed by atoms with E-state index in [9.17, 15) is 0 Å². The molecule has 2 aliphatic heterocycles. The smallest absolute Gasteiger partial charge is 0.0239 e. The molecule has 1 fully saturated rings. The molecule has 0 unspecified atom stereocenters. The second-order valence-corrected chi connectivity index (χ2v) is 7.62. The van der Waals surface area contributed by atoms with Gasteiger partial charge in [0, 0.05) is 44.8 Å². The molecule has 3 rings (SSSR count). The molecule has 0 spiro atoms. The lowest BCUT2D eigenvalue weighted by atomic mass is 9.95. The number of hydrogen-bond acceptors (Lipinski definition) is 3.